The molecule has 2 heterocycles. The highest BCUT2D eigenvalue weighted by molar-refractivity contribution is 5.94. The summed E-state index contributed by atoms with van der Waals surface area (Å²) in [4.78, 5) is 26.8. The lowest BCUT2D eigenvalue weighted by molar-refractivity contribution is 0.0939. The second kappa shape index (κ2) is 5.52. The lowest BCUT2D eigenvalue weighted by Gasteiger charge is -2.15. The van der Waals surface area contributed by atoms with Gasteiger partial charge in [0.15, 0.2) is 0 Å². The molecule has 0 aliphatic rings. The minimum Gasteiger partial charge on any atom is -0.361 e. The van der Waals surface area contributed by atoms with E-state index in [1.807, 2.05) is 31.3 Å². The van der Waals surface area contributed by atoms with Crippen LogP contribution in [-0.2, 0) is 7.05 Å². The first kappa shape index (κ1) is 14.1. The SMILES string of the molecule is CC(NC(=O)c1ccc(=O)n(C)c1)c1ccc2[nH]ccc2c1. The predicted molar refractivity (Wildman–Crippen MR) is 85.9 cm³/mol. The molecule has 22 heavy (non-hydrogen) atoms. The number of amides is 1. The molecule has 1 aromatic carbocycles. The number of aromatic amines is 1. The van der Waals surface area contributed by atoms with Crippen molar-refractivity contribution in [2.75, 3.05) is 0 Å². The highest BCUT2D eigenvalue weighted by Crippen LogP contribution is 2.19. The van der Waals surface area contributed by atoms with Crippen LogP contribution in [-0.4, -0.2) is 15.5 Å². The molecule has 0 bridgehead atoms. The molecule has 0 fully saturated rings. The van der Waals surface area contributed by atoms with Crippen molar-refractivity contribution in [1.29, 1.82) is 0 Å². The molecule has 0 saturated heterocycles. The van der Waals surface area contributed by atoms with E-state index >= 15 is 0 Å². The molecule has 0 spiro atoms. The molecule has 1 atom stereocenters. The minimum atomic E-state index is -0.197. The molecule has 0 saturated carbocycles. The van der Waals surface area contributed by atoms with E-state index in [9.17, 15) is 9.59 Å². The van der Waals surface area contributed by atoms with Crippen LogP contribution in [0.5, 0.6) is 0 Å². The highest BCUT2D eigenvalue weighted by atomic mass is 16.2. The molecule has 5 heteroatoms. The lowest BCUT2D eigenvalue weighted by Crippen LogP contribution is -2.28. The Kier molecular flexibility index (Phi) is 3.55. The smallest absolute Gasteiger partial charge is 0.253 e. The molecule has 3 rings (SSSR count). The number of aromatic nitrogens is 2. The molecule has 0 aliphatic carbocycles. The summed E-state index contributed by atoms with van der Waals surface area (Å²) >= 11 is 0. The second-order valence-electron chi connectivity index (χ2n) is 5.39. The number of hydrogen-bond acceptors (Lipinski definition) is 2. The Labute approximate surface area is 127 Å². The van der Waals surface area contributed by atoms with Gasteiger partial charge in [0.2, 0.25) is 5.56 Å². The zero-order valence-corrected chi connectivity index (χ0v) is 12.5. The summed E-state index contributed by atoms with van der Waals surface area (Å²) in [7, 11) is 1.63. The number of carbonyl (C=O) groups excluding carboxylic acids is 1. The maximum absolute atomic E-state index is 12.3. The van der Waals surface area contributed by atoms with Crippen molar-refractivity contribution in [3.63, 3.8) is 0 Å². The van der Waals surface area contributed by atoms with E-state index in [4.69, 9.17) is 0 Å². The van der Waals surface area contributed by atoms with Gasteiger partial charge in [0, 0.05) is 31.0 Å². The Morgan fingerprint density at radius 2 is 2.05 bits per heavy atom. The Hall–Kier alpha value is -2.82. The number of fused-ring (bicyclic) bond motifs is 1. The van der Waals surface area contributed by atoms with E-state index in [0.717, 1.165) is 16.5 Å². The van der Waals surface area contributed by atoms with Gasteiger partial charge in [-0.05, 0) is 42.1 Å². The lowest BCUT2D eigenvalue weighted by atomic mass is 10.1. The number of rotatable bonds is 3. The fourth-order valence-electron chi connectivity index (χ4n) is 2.43. The summed E-state index contributed by atoms with van der Waals surface area (Å²) in [5, 5.41) is 4.06. The Morgan fingerprint density at radius 3 is 2.82 bits per heavy atom. The van der Waals surface area contributed by atoms with Crippen LogP contribution in [0, 0.1) is 0 Å². The van der Waals surface area contributed by atoms with Gasteiger partial charge in [-0.2, -0.15) is 0 Å². The van der Waals surface area contributed by atoms with Crippen molar-refractivity contribution in [2.45, 2.75) is 13.0 Å². The zero-order chi connectivity index (χ0) is 15.7. The monoisotopic (exact) mass is 295 g/mol. The first-order chi connectivity index (χ1) is 10.5. The van der Waals surface area contributed by atoms with Crippen LogP contribution in [0.4, 0.5) is 0 Å². The average molecular weight is 295 g/mol. The number of H-pyrrole nitrogens is 1. The fourth-order valence-corrected chi connectivity index (χ4v) is 2.43. The van der Waals surface area contributed by atoms with Gasteiger partial charge in [0.05, 0.1) is 11.6 Å². The number of aryl methyl sites for hydroxylation is 1. The van der Waals surface area contributed by atoms with Crippen LogP contribution >= 0.6 is 0 Å². The van der Waals surface area contributed by atoms with Gasteiger partial charge < -0.3 is 14.9 Å². The van der Waals surface area contributed by atoms with Gasteiger partial charge in [0.1, 0.15) is 0 Å². The van der Waals surface area contributed by atoms with E-state index in [2.05, 4.69) is 16.4 Å². The summed E-state index contributed by atoms with van der Waals surface area (Å²) in [5.74, 6) is -0.197. The number of hydrogen-bond donors (Lipinski definition) is 2. The molecule has 1 amide bonds. The molecule has 1 unspecified atom stereocenters. The van der Waals surface area contributed by atoms with Crippen LogP contribution in [0.2, 0.25) is 0 Å². The molecular formula is C17H17N3O2. The standard InChI is InChI=1S/C17H17N3O2/c1-11(12-3-5-15-13(9-12)7-8-18-15)19-17(22)14-4-6-16(21)20(2)10-14/h3-11,18H,1-2H3,(H,19,22). The average Bonchev–Trinajstić information content (AvgIpc) is 2.97. The summed E-state index contributed by atoms with van der Waals surface area (Å²) in [6.07, 6.45) is 3.43. The molecule has 2 N–H and O–H groups in total. The normalized spacial score (nSPS) is 12.3. The summed E-state index contributed by atoms with van der Waals surface area (Å²) in [6, 6.07) is 10.9. The third-order valence-electron chi connectivity index (χ3n) is 3.77. The van der Waals surface area contributed by atoms with Crippen LogP contribution in [0.15, 0.2) is 53.6 Å². The minimum absolute atomic E-state index is 0.121. The molecule has 2 aromatic heterocycles. The quantitative estimate of drug-likeness (QED) is 0.779. The van der Waals surface area contributed by atoms with Gasteiger partial charge in [-0.15, -0.1) is 0 Å². The van der Waals surface area contributed by atoms with Gasteiger partial charge in [-0.25, -0.2) is 0 Å². The Balaban J connectivity index is 1.80. The van der Waals surface area contributed by atoms with Crippen molar-refractivity contribution in [1.82, 2.24) is 14.9 Å². The van der Waals surface area contributed by atoms with Crippen LogP contribution in [0.25, 0.3) is 10.9 Å². The summed E-state index contributed by atoms with van der Waals surface area (Å²) in [5.41, 5.74) is 2.43. The first-order valence-electron chi connectivity index (χ1n) is 7.09. The van der Waals surface area contributed by atoms with Crippen molar-refractivity contribution in [3.05, 3.63) is 70.3 Å². The first-order valence-corrected chi connectivity index (χ1v) is 7.09. The summed E-state index contributed by atoms with van der Waals surface area (Å²) in [6.45, 7) is 1.94. The number of nitrogens with one attached hydrogen (secondary N) is 2. The van der Waals surface area contributed by atoms with E-state index in [-0.39, 0.29) is 17.5 Å². The van der Waals surface area contributed by atoms with Crippen LogP contribution < -0.4 is 10.9 Å². The summed E-state index contributed by atoms with van der Waals surface area (Å²) < 4.78 is 1.39. The third-order valence-corrected chi connectivity index (χ3v) is 3.77. The van der Waals surface area contributed by atoms with E-state index in [0.29, 0.717) is 5.56 Å². The van der Waals surface area contributed by atoms with Gasteiger partial charge >= 0.3 is 0 Å². The molecule has 5 nitrogen and oxygen atoms in total. The highest BCUT2D eigenvalue weighted by Gasteiger charge is 2.12. The molecule has 0 radical (unpaired) electrons. The van der Waals surface area contributed by atoms with E-state index in [1.165, 1.54) is 10.6 Å². The molecule has 112 valence electrons. The van der Waals surface area contributed by atoms with Gasteiger partial charge in [-0.3, -0.25) is 9.59 Å². The van der Waals surface area contributed by atoms with Crippen molar-refractivity contribution < 1.29 is 4.79 Å². The zero-order valence-electron chi connectivity index (χ0n) is 12.5. The molecule has 0 aliphatic heterocycles. The largest absolute Gasteiger partial charge is 0.361 e. The Bertz CT molecular complexity index is 892. The number of carbonyl (C=O) groups is 1. The maximum atomic E-state index is 12.3. The number of pyridine rings is 1. The van der Waals surface area contributed by atoms with E-state index < -0.39 is 0 Å². The van der Waals surface area contributed by atoms with Crippen LogP contribution in [0.3, 0.4) is 0 Å². The van der Waals surface area contributed by atoms with Crippen molar-refractivity contribution in [2.24, 2.45) is 7.05 Å². The van der Waals surface area contributed by atoms with Crippen molar-refractivity contribution >= 4 is 16.8 Å². The third kappa shape index (κ3) is 2.65. The number of benzene rings is 1. The van der Waals surface area contributed by atoms with Gasteiger partial charge in [0.25, 0.3) is 5.91 Å². The Morgan fingerprint density at radius 1 is 1.23 bits per heavy atom. The predicted octanol–water partition coefficient (Wildman–Crippen LogP) is 2.36. The van der Waals surface area contributed by atoms with E-state index in [1.54, 1.807) is 19.3 Å². The van der Waals surface area contributed by atoms with Gasteiger partial charge in [-0.1, -0.05) is 6.07 Å². The van der Waals surface area contributed by atoms with Crippen molar-refractivity contribution in [3.8, 4) is 0 Å². The molecule has 3 aromatic rings. The second-order valence-corrected chi connectivity index (χ2v) is 5.39. The molecular weight excluding hydrogens is 278 g/mol. The van der Waals surface area contributed by atoms with Crippen LogP contribution in [0.1, 0.15) is 28.9 Å². The number of nitrogens with zero attached hydrogens (tertiary/aromatic N) is 1. The topological polar surface area (TPSA) is 66.9 Å². The fraction of sp³-hybridized carbons (Fsp3) is 0.176. The maximum Gasteiger partial charge on any atom is 0.253 e.